The third-order valence-corrected chi connectivity index (χ3v) is 18.9. The summed E-state index contributed by atoms with van der Waals surface area (Å²) in [5, 5.41) is 3.14. The van der Waals surface area contributed by atoms with Crippen LogP contribution < -0.4 is 5.32 Å². The molecule has 1 saturated heterocycles. The van der Waals surface area contributed by atoms with Gasteiger partial charge in [-0.15, -0.1) is 0 Å². The molecule has 5 aliphatic carbocycles. The molecule has 302 valence electrons. The molecular formula is C47H68N2O5S. The normalized spacial score (nSPS) is 39.2. The molecule has 7 rings (SSSR count). The smallest absolute Gasteiger partial charge is 0.337 e. The zero-order valence-corrected chi connectivity index (χ0v) is 35.7. The fraction of sp³-hybridized carbons (Fsp3) is 0.702. The van der Waals surface area contributed by atoms with Crippen molar-refractivity contribution in [1.29, 1.82) is 0 Å². The summed E-state index contributed by atoms with van der Waals surface area (Å²) in [7, 11) is -1.45. The zero-order valence-electron chi connectivity index (χ0n) is 34.8. The second-order valence-corrected chi connectivity index (χ2v) is 22.3. The Morgan fingerprint density at radius 2 is 1.64 bits per heavy atom. The van der Waals surface area contributed by atoms with Gasteiger partial charge in [0.2, 0.25) is 5.91 Å². The Morgan fingerprint density at radius 1 is 0.927 bits per heavy atom. The molecule has 4 saturated carbocycles. The van der Waals surface area contributed by atoms with E-state index in [9.17, 15) is 18.0 Å². The quantitative estimate of drug-likeness (QED) is 0.117. The molecule has 9 atom stereocenters. The summed E-state index contributed by atoms with van der Waals surface area (Å²) in [6, 6.07) is 8.05. The standard InChI is InChI=1S/C47H68N2O5S/c1-32(2)35-16-22-47(23-19-40(50)48-26-9-27-49-28-30-55(52,53)31-29-49)25-24-45(6)37(41(35)47)14-15-39-44(5)20-17-36(33-10-12-34(13-11-33)42(51)54-8)43(3,4)38(44)18-21-46(39,45)7/h10-13,17,19,23,35,37-39,41H,1,9,14-16,18,20-22,24-31H2,2-8H3,(H,48,50)/b23-19+/t35-,37+,38-,39+,41+,44-,45+,46+,47-/m0/s1. The lowest BCUT2D eigenvalue weighted by molar-refractivity contribution is -0.221. The topological polar surface area (TPSA) is 92.8 Å². The number of nitrogens with one attached hydrogen (secondary N) is 1. The van der Waals surface area contributed by atoms with Gasteiger partial charge in [-0.05, 0) is 164 Å². The number of rotatable bonds is 9. The van der Waals surface area contributed by atoms with Crippen molar-refractivity contribution in [2.75, 3.05) is 44.8 Å². The number of fused-ring (bicyclic) bond motifs is 7. The highest BCUT2D eigenvalue weighted by Gasteiger charge is 2.70. The fourth-order valence-electron chi connectivity index (χ4n) is 14.3. The van der Waals surface area contributed by atoms with Crippen molar-refractivity contribution in [3.63, 3.8) is 0 Å². The zero-order chi connectivity index (χ0) is 39.6. The number of carbonyl (C=O) groups is 2. The van der Waals surface area contributed by atoms with Crippen LogP contribution in [0.4, 0.5) is 0 Å². The van der Waals surface area contributed by atoms with E-state index in [1.54, 1.807) is 0 Å². The van der Waals surface area contributed by atoms with Gasteiger partial charge < -0.3 is 15.0 Å². The molecule has 0 unspecified atom stereocenters. The predicted octanol–water partition coefficient (Wildman–Crippen LogP) is 8.92. The molecule has 0 aromatic heterocycles. The Morgan fingerprint density at radius 3 is 2.31 bits per heavy atom. The van der Waals surface area contributed by atoms with Gasteiger partial charge in [0.25, 0.3) is 0 Å². The van der Waals surface area contributed by atoms with Gasteiger partial charge in [-0.3, -0.25) is 4.79 Å². The highest BCUT2D eigenvalue weighted by Crippen LogP contribution is 2.78. The van der Waals surface area contributed by atoms with Crippen molar-refractivity contribution in [3.8, 4) is 0 Å². The lowest BCUT2D eigenvalue weighted by Crippen LogP contribution is -2.65. The minimum Gasteiger partial charge on any atom is -0.465 e. The third kappa shape index (κ3) is 6.81. The number of amides is 1. The number of carbonyl (C=O) groups excluding carboxylic acids is 2. The van der Waals surface area contributed by atoms with Gasteiger partial charge in [0.05, 0.1) is 24.2 Å². The van der Waals surface area contributed by atoms with Gasteiger partial charge >= 0.3 is 5.97 Å². The van der Waals surface area contributed by atoms with E-state index in [2.05, 4.69) is 82.6 Å². The van der Waals surface area contributed by atoms with Gasteiger partial charge in [-0.1, -0.05) is 71.1 Å². The monoisotopic (exact) mass is 772 g/mol. The molecular weight excluding hydrogens is 705 g/mol. The third-order valence-electron chi connectivity index (χ3n) is 17.3. The maximum Gasteiger partial charge on any atom is 0.337 e. The molecule has 6 aliphatic rings. The molecule has 55 heavy (non-hydrogen) atoms. The second kappa shape index (κ2) is 14.6. The SMILES string of the molecule is C=C(C)[C@@H]1CC[C@]2(/C=C/C(=O)NCCCN3CCS(=O)(=O)CC3)CC[C@]3(C)[C@H](CC[C@@H]4[C@@]5(C)CC=C(c6ccc(C(=O)OC)cc6)C(C)(C)[C@@H]5CC[C@]43C)[C@@H]12. The summed E-state index contributed by atoms with van der Waals surface area (Å²) in [6.07, 6.45) is 18.3. The van der Waals surface area contributed by atoms with Gasteiger partial charge in [0, 0.05) is 19.6 Å². The Labute approximate surface area is 332 Å². The number of hydrogen-bond acceptors (Lipinski definition) is 6. The lowest BCUT2D eigenvalue weighted by atomic mass is 9.32. The first kappa shape index (κ1) is 40.5. The average Bonchev–Trinajstić information content (AvgIpc) is 3.53. The number of benzene rings is 1. The number of nitrogens with zero attached hydrogens (tertiary/aromatic N) is 1. The van der Waals surface area contributed by atoms with E-state index in [-0.39, 0.29) is 50.5 Å². The summed E-state index contributed by atoms with van der Waals surface area (Å²) in [5.41, 5.74) is 5.26. The summed E-state index contributed by atoms with van der Waals surface area (Å²) >= 11 is 0. The van der Waals surface area contributed by atoms with E-state index in [0.29, 0.717) is 54.8 Å². The number of esters is 1. The van der Waals surface area contributed by atoms with Crippen LogP contribution in [0.2, 0.25) is 0 Å². The van der Waals surface area contributed by atoms with E-state index >= 15 is 0 Å². The first-order chi connectivity index (χ1) is 25.9. The molecule has 0 spiro atoms. The molecule has 5 fully saturated rings. The largest absolute Gasteiger partial charge is 0.465 e. The predicted molar refractivity (Wildman–Crippen MR) is 222 cm³/mol. The van der Waals surface area contributed by atoms with Crippen LogP contribution >= 0.6 is 0 Å². The van der Waals surface area contributed by atoms with Crippen molar-refractivity contribution in [2.45, 2.75) is 106 Å². The molecule has 1 amide bonds. The van der Waals surface area contributed by atoms with Gasteiger partial charge in [0.15, 0.2) is 9.84 Å². The Hall–Kier alpha value is -2.71. The molecule has 0 radical (unpaired) electrons. The van der Waals surface area contributed by atoms with E-state index in [1.807, 2.05) is 18.2 Å². The minimum absolute atomic E-state index is 0.00452. The number of allylic oxidation sites excluding steroid dienone is 4. The van der Waals surface area contributed by atoms with E-state index < -0.39 is 9.84 Å². The first-order valence-corrected chi connectivity index (χ1v) is 23.2. The average molecular weight is 773 g/mol. The van der Waals surface area contributed by atoms with Crippen LogP contribution in [0.25, 0.3) is 5.57 Å². The van der Waals surface area contributed by atoms with Crippen LogP contribution in [0.1, 0.15) is 122 Å². The summed E-state index contributed by atoms with van der Waals surface area (Å²) in [4.78, 5) is 27.6. The van der Waals surface area contributed by atoms with Crippen molar-refractivity contribution < 1.29 is 22.7 Å². The Bertz CT molecular complexity index is 1830. The molecule has 1 aromatic rings. The highest BCUT2D eigenvalue weighted by molar-refractivity contribution is 7.91. The molecule has 1 N–H and O–H groups in total. The van der Waals surface area contributed by atoms with Crippen LogP contribution in [0, 0.1) is 56.7 Å². The Balaban J connectivity index is 1.08. The van der Waals surface area contributed by atoms with Crippen LogP contribution in [0.3, 0.4) is 0 Å². The Kier molecular flexibility index (Phi) is 10.7. The van der Waals surface area contributed by atoms with Crippen LogP contribution in [0.15, 0.2) is 54.6 Å². The maximum atomic E-state index is 13.3. The maximum absolute atomic E-state index is 13.3. The van der Waals surface area contributed by atoms with Gasteiger partial charge in [-0.2, -0.15) is 0 Å². The van der Waals surface area contributed by atoms with Crippen LogP contribution in [-0.4, -0.2) is 70.0 Å². The van der Waals surface area contributed by atoms with Gasteiger partial charge in [-0.25, -0.2) is 13.2 Å². The lowest BCUT2D eigenvalue weighted by Gasteiger charge is -2.72. The van der Waals surface area contributed by atoms with E-state index in [1.165, 1.54) is 55.9 Å². The van der Waals surface area contributed by atoms with E-state index in [0.717, 1.165) is 38.6 Å². The molecule has 1 aliphatic heterocycles. The second-order valence-electron chi connectivity index (χ2n) is 20.0. The molecule has 1 heterocycles. The molecule has 7 nitrogen and oxygen atoms in total. The molecule has 8 heteroatoms. The summed E-state index contributed by atoms with van der Waals surface area (Å²) in [5.74, 6) is 3.00. The van der Waals surface area contributed by atoms with Crippen LogP contribution in [-0.2, 0) is 19.4 Å². The molecule has 0 bridgehead atoms. The number of methoxy groups -OCH3 is 1. The summed E-state index contributed by atoms with van der Waals surface area (Å²) < 4.78 is 28.5. The van der Waals surface area contributed by atoms with Crippen molar-refractivity contribution >= 4 is 27.3 Å². The number of ether oxygens (including phenoxy) is 1. The van der Waals surface area contributed by atoms with Crippen molar-refractivity contribution in [2.24, 2.45) is 56.7 Å². The molecule has 1 aromatic carbocycles. The van der Waals surface area contributed by atoms with Crippen molar-refractivity contribution in [1.82, 2.24) is 10.2 Å². The summed E-state index contributed by atoms with van der Waals surface area (Å²) in [6.45, 7) is 22.4. The number of hydrogen-bond donors (Lipinski definition) is 1. The number of sulfone groups is 1. The van der Waals surface area contributed by atoms with Crippen molar-refractivity contribution in [3.05, 3.63) is 65.8 Å². The fourth-order valence-corrected chi connectivity index (χ4v) is 15.6. The first-order valence-electron chi connectivity index (χ1n) is 21.4. The van der Waals surface area contributed by atoms with Crippen LogP contribution in [0.5, 0.6) is 0 Å². The highest BCUT2D eigenvalue weighted by atomic mass is 32.2. The van der Waals surface area contributed by atoms with Gasteiger partial charge in [0.1, 0.15) is 0 Å². The van der Waals surface area contributed by atoms with E-state index in [4.69, 9.17) is 4.74 Å². The minimum atomic E-state index is -2.88.